The minimum absolute atomic E-state index is 0.0657. The molecule has 0 unspecified atom stereocenters. The van der Waals surface area contributed by atoms with Gasteiger partial charge in [0, 0.05) is 55.3 Å². The van der Waals surface area contributed by atoms with Crippen molar-refractivity contribution in [2.45, 2.75) is 58.5 Å². The molecule has 2 fully saturated rings. The Labute approximate surface area is 165 Å². The Morgan fingerprint density at radius 2 is 2.00 bits per heavy atom. The molecule has 1 heterocycles. The van der Waals surface area contributed by atoms with E-state index < -0.39 is 0 Å². The molecule has 27 heavy (non-hydrogen) atoms. The lowest BCUT2D eigenvalue weighted by Crippen LogP contribution is -2.53. The van der Waals surface area contributed by atoms with Crippen LogP contribution in [-0.4, -0.2) is 46.3 Å². The van der Waals surface area contributed by atoms with Crippen LogP contribution in [0.4, 0.5) is 5.69 Å². The van der Waals surface area contributed by atoms with Gasteiger partial charge in [0.05, 0.1) is 4.92 Å². The minimum atomic E-state index is -0.382. The van der Waals surface area contributed by atoms with Gasteiger partial charge < -0.3 is 4.90 Å². The summed E-state index contributed by atoms with van der Waals surface area (Å²) in [5.74, 6) is 0.848. The lowest BCUT2D eigenvalue weighted by atomic mass is 10.0. The van der Waals surface area contributed by atoms with E-state index in [1.807, 2.05) is 11.0 Å². The molecule has 0 N–H and O–H groups in total. The quantitative estimate of drug-likeness (QED) is 0.556. The average Bonchev–Trinajstić information content (AvgIpc) is 3.10. The van der Waals surface area contributed by atoms with Crippen LogP contribution in [0.2, 0.25) is 5.02 Å². The van der Waals surface area contributed by atoms with Crippen LogP contribution in [0.3, 0.4) is 0 Å². The first kappa shape index (κ1) is 20.1. The zero-order valence-corrected chi connectivity index (χ0v) is 16.9. The van der Waals surface area contributed by atoms with Gasteiger partial charge in [-0.1, -0.05) is 24.4 Å². The lowest BCUT2D eigenvalue weighted by molar-refractivity contribution is -0.385. The number of hydrogen-bond acceptors (Lipinski definition) is 4. The summed E-state index contributed by atoms with van der Waals surface area (Å²) in [7, 11) is 0. The summed E-state index contributed by atoms with van der Waals surface area (Å²) >= 11 is 6.08. The van der Waals surface area contributed by atoms with E-state index in [-0.39, 0.29) is 22.6 Å². The first-order chi connectivity index (χ1) is 12.8. The molecular weight excluding hydrogens is 366 g/mol. The van der Waals surface area contributed by atoms with Crippen molar-refractivity contribution in [3.8, 4) is 0 Å². The van der Waals surface area contributed by atoms with Crippen molar-refractivity contribution in [3.63, 3.8) is 0 Å². The van der Waals surface area contributed by atoms with Crippen molar-refractivity contribution in [2.75, 3.05) is 19.6 Å². The Balaban J connectivity index is 1.61. The molecule has 1 saturated heterocycles. The summed E-state index contributed by atoms with van der Waals surface area (Å²) in [5.41, 5.74) is 1.61. The maximum Gasteiger partial charge on any atom is 0.274 e. The molecule has 0 bridgehead atoms. The molecule has 148 valence electrons. The minimum Gasteiger partial charge on any atom is -0.337 e. The third kappa shape index (κ3) is 4.79. The van der Waals surface area contributed by atoms with E-state index in [2.05, 4.69) is 11.8 Å². The van der Waals surface area contributed by atoms with Gasteiger partial charge in [-0.05, 0) is 44.2 Å². The van der Waals surface area contributed by atoms with E-state index in [9.17, 15) is 14.9 Å². The van der Waals surface area contributed by atoms with Crippen LogP contribution in [0.5, 0.6) is 0 Å². The molecule has 1 aliphatic carbocycles. The van der Waals surface area contributed by atoms with Crippen LogP contribution in [0.1, 0.15) is 50.2 Å². The molecule has 6 nitrogen and oxygen atoms in total. The summed E-state index contributed by atoms with van der Waals surface area (Å²) in [6, 6.07) is 3.37. The zero-order valence-electron chi connectivity index (χ0n) is 16.1. The highest BCUT2D eigenvalue weighted by Crippen LogP contribution is 2.30. The van der Waals surface area contributed by atoms with E-state index in [1.54, 1.807) is 6.92 Å². The first-order valence-electron chi connectivity index (χ1n) is 9.80. The number of nitro groups is 1. The second-order valence-corrected chi connectivity index (χ2v) is 8.43. The maximum absolute atomic E-state index is 12.7. The second kappa shape index (κ2) is 8.57. The van der Waals surface area contributed by atoms with Crippen LogP contribution >= 0.6 is 11.6 Å². The summed E-state index contributed by atoms with van der Waals surface area (Å²) in [5, 5.41) is 11.6. The molecule has 7 heteroatoms. The number of nitro benzene ring substituents is 1. The predicted octanol–water partition coefficient (Wildman–Crippen LogP) is 4.17. The van der Waals surface area contributed by atoms with Crippen LogP contribution in [0.15, 0.2) is 12.1 Å². The highest BCUT2D eigenvalue weighted by atomic mass is 35.5. The standard InChI is InChI=1S/C20H28ClN3O3/c1-14-12-22(7-8-23(14)20(25)9-16-5-3-4-6-16)13-17-10-18(21)11-19(15(17)2)24(26)27/h10-11,14,16H,3-9,12-13H2,1-2H3/t14-/m0/s1. The second-order valence-electron chi connectivity index (χ2n) is 7.99. The van der Waals surface area contributed by atoms with Crippen molar-refractivity contribution in [2.24, 2.45) is 5.92 Å². The van der Waals surface area contributed by atoms with Gasteiger partial charge in [0.15, 0.2) is 0 Å². The van der Waals surface area contributed by atoms with Gasteiger partial charge in [-0.25, -0.2) is 0 Å². The molecule has 2 aliphatic rings. The van der Waals surface area contributed by atoms with Crippen molar-refractivity contribution in [1.29, 1.82) is 0 Å². The van der Waals surface area contributed by atoms with Gasteiger partial charge in [-0.15, -0.1) is 0 Å². The van der Waals surface area contributed by atoms with Gasteiger partial charge in [-0.3, -0.25) is 19.8 Å². The highest BCUT2D eigenvalue weighted by Gasteiger charge is 2.30. The van der Waals surface area contributed by atoms with Crippen LogP contribution in [0, 0.1) is 23.0 Å². The molecule has 0 aromatic heterocycles. The molecule has 3 rings (SSSR count). The first-order valence-corrected chi connectivity index (χ1v) is 10.2. The number of carbonyl (C=O) groups is 1. The largest absolute Gasteiger partial charge is 0.337 e. The number of halogens is 1. The van der Waals surface area contributed by atoms with Crippen molar-refractivity contribution in [3.05, 3.63) is 38.4 Å². The van der Waals surface area contributed by atoms with Crippen molar-refractivity contribution >= 4 is 23.2 Å². The van der Waals surface area contributed by atoms with E-state index in [4.69, 9.17) is 11.6 Å². The lowest BCUT2D eigenvalue weighted by Gasteiger charge is -2.40. The number of rotatable bonds is 5. The molecule has 0 radical (unpaired) electrons. The van der Waals surface area contributed by atoms with Gasteiger partial charge in [-0.2, -0.15) is 0 Å². The monoisotopic (exact) mass is 393 g/mol. The highest BCUT2D eigenvalue weighted by molar-refractivity contribution is 6.30. The fourth-order valence-corrected chi connectivity index (χ4v) is 4.68. The molecule has 1 aromatic rings. The number of carbonyl (C=O) groups excluding carboxylic acids is 1. The summed E-state index contributed by atoms with van der Waals surface area (Å²) in [6.07, 6.45) is 5.57. The van der Waals surface area contributed by atoms with Crippen LogP contribution in [0.25, 0.3) is 0 Å². The third-order valence-electron chi connectivity index (χ3n) is 6.01. The Morgan fingerprint density at radius 1 is 1.30 bits per heavy atom. The topological polar surface area (TPSA) is 66.7 Å². The predicted molar refractivity (Wildman–Crippen MR) is 106 cm³/mol. The molecule has 1 amide bonds. The van der Waals surface area contributed by atoms with E-state index in [0.29, 0.717) is 36.0 Å². The maximum atomic E-state index is 12.7. The van der Waals surface area contributed by atoms with Gasteiger partial charge in [0.2, 0.25) is 5.91 Å². The molecule has 1 aliphatic heterocycles. The Hall–Kier alpha value is -1.66. The summed E-state index contributed by atoms with van der Waals surface area (Å²) in [6.45, 7) is 6.74. The molecular formula is C20H28ClN3O3. The van der Waals surface area contributed by atoms with Gasteiger partial charge >= 0.3 is 0 Å². The number of hydrogen-bond donors (Lipinski definition) is 0. The number of piperazine rings is 1. The summed E-state index contributed by atoms with van der Waals surface area (Å²) in [4.78, 5) is 27.8. The molecule has 1 atom stereocenters. The molecule has 1 aromatic carbocycles. The third-order valence-corrected chi connectivity index (χ3v) is 6.23. The van der Waals surface area contributed by atoms with E-state index in [1.165, 1.54) is 31.7 Å². The smallest absolute Gasteiger partial charge is 0.274 e. The van der Waals surface area contributed by atoms with E-state index in [0.717, 1.165) is 18.7 Å². The number of amides is 1. The van der Waals surface area contributed by atoms with Crippen molar-refractivity contribution < 1.29 is 9.72 Å². The summed E-state index contributed by atoms with van der Waals surface area (Å²) < 4.78 is 0. The fraction of sp³-hybridized carbons (Fsp3) is 0.650. The van der Waals surface area contributed by atoms with Crippen LogP contribution < -0.4 is 0 Å². The normalized spacial score (nSPS) is 21.6. The molecule has 1 saturated carbocycles. The van der Waals surface area contributed by atoms with Gasteiger partial charge in [0.25, 0.3) is 5.69 Å². The zero-order chi connectivity index (χ0) is 19.6. The molecule has 0 spiro atoms. The SMILES string of the molecule is Cc1c(CN2CCN(C(=O)CC3CCCC3)[C@@H](C)C2)cc(Cl)cc1[N+](=O)[O-]. The average molecular weight is 394 g/mol. The number of nitrogens with zero attached hydrogens (tertiary/aromatic N) is 3. The Morgan fingerprint density at radius 3 is 2.63 bits per heavy atom. The van der Waals surface area contributed by atoms with E-state index >= 15 is 0 Å². The number of benzene rings is 1. The fourth-order valence-electron chi connectivity index (χ4n) is 4.44. The van der Waals surface area contributed by atoms with Crippen LogP contribution in [-0.2, 0) is 11.3 Å². The Kier molecular flexibility index (Phi) is 6.37. The van der Waals surface area contributed by atoms with Crippen molar-refractivity contribution in [1.82, 2.24) is 9.80 Å². The Bertz CT molecular complexity index is 719. The van der Waals surface area contributed by atoms with Gasteiger partial charge in [0.1, 0.15) is 0 Å².